The third-order valence-corrected chi connectivity index (χ3v) is 3.32. The van der Waals surface area contributed by atoms with E-state index in [1.54, 1.807) is 7.11 Å². The first-order valence-corrected chi connectivity index (χ1v) is 6.39. The molecule has 0 bridgehead atoms. The Morgan fingerprint density at radius 2 is 2.28 bits per heavy atom. The molecule has 1 atom stereocenters. The summed E-state index contributed by atoms with van der Waals surface area (Å²) >= 11 is 0. The number of aryl methyl sites for hydroxylation is 1. The summed E-state index contributed by atoms with van der Waals surface area (Å²) in [5.74, 6) is 0.865. The summed E-state index contributed by atoms with van der Waals surface area (Å²) in [4.78, 5) is 12.1. The Balaban J connectivity index is 2.02. The molecule has 1 aromatic carbocycles. The zero-order chi connectivity index (χ0) is 13.0. The Bertz CT molecular complexity index is 426. The lowest BCUT2D eigenvalue weighted by atomic mass is 10.0. The highest BCUT2D eigenvalue weighted by molar-refractivity contribution is 5.95. The smallest absolute Gasteiger partial charge is 0.241 e. The molecule has 1 fully saturated rings. The second-order valence-corrected chi connectivity index (χ2v) is 4.67. The number of carbonyl (C=O) groups excluding carboxylic acids is 1. The van der Waals surface area contributed by atoms with E-state index in [4.69, 9.17) is 4.74 Å². The molecule has 18 heavy (non-hydrogen) atoms. The van der Waals surface area contributed by atoms with Crippen LogP contribution in [0.4, 0.5) is 5.69 Å². The maximum atomic E-state index is 12.1. The topological polar surface area (TPSA) is 50.4 Å². The molecule has 4 heteroatoms. The molecule has 0 saturated carbocycles. The van der Waals surface area contributed by atoms with E-state index in [-0.39, 0.29) is 11.9 Å². The maximum Gasteiger partial charge on any atom is 0.241 e. The lowest BCUT2D eigenvalue weighted by molar-refractivity contribution is -0.118. The molecule has 1 heterocycles. The number of carbonyl (C=O) groups is 1. The van der Waals surface area contributed by atoms with Crippen LogP contribution in [0.25, 0.3) is 0 Å². The summed E-state index contributed by atoms with van der Waals surface area (Å²) in [6.07, 6.45) is 3.19. The van der Waals surface area contributed by atoms with Crippen LogP contribution in [-0.2, 0) is 4.79 Å². The van der Waals surface area contributed by atoms with Gasteiger partial charge in [0.15, 0.2) is 0 Å². The van der Waals surface area contributed by atoms with Crippen molar-refractivity contribution in [3.63, 3.8) is 0 Å². The zero-order valence-corrected chi connectivity index (χ0v) is 11.0. The van der Waals surface area contributed by atoms with Crippen molar-refractivity contribution in [1.29, 1.82) is 0 Å². The third kappa shape index (κ3) is 3.01. The lowest BCUT2D eigenvalue weighted by Gasteiger charge is -2.23. The van der Waals surface area contributed by atoms with Crippen LogP contribution in [0.5, 0.6) is 5.75 Å². The van der Waals surface area contributed by atoms with Gasteiger partial charge in [-0.1, -0.05) is 6.42 Å². The van der Waals surface area contributed by atoms with Gasteiger partial charge >= 0.3 is 0 Å². The maximum absolute atomic E-state index is 12.1. The van der Waals surface area contributed by atoms with Crippen LogP contribution >= 0.6 is 0 Å². The predicted octanol–water partition coefficient (Wildman–Crippen LogP) is 2.08. The molecule has 1 aliphatic rings. The number of methoxy groups -OCH3 is 1. The molecule has 1 amide bonds. The molecular weight excluding hydrogens is 228 g/mol. The van der Waals surface area contributed by atoms with Crippen LogP contribution in [0.3, 0.4) is 0 Å². The summed E-state index contributed by atoms with van der Waals surface area (Å²) in [5, 5.41) is 6.22. The normalized spacial score (nSPS) is 19.3. The van der Waals surface area contributed by atoms with Gasteiger partial charge in [-0.05, 0) is 50.1 Å². The lowest BCUT2D eigenvalue weighted by Crippen LogP contribution is -2.43. The van der Waals surface area contributed by atoms with Gasteiger partial charge in [0.2, 0.25) is 5.91 Å². The molecule has 0 aliphatic carbocycles. The van der Waals surface area contributed by atoms with Gasteiger partial charge in [0.05, 0.1) is 13.2 Å². The number of hydrogen-bond donors (Lipinski definition) is 2. The number of piperidine rings is 1. The van der Waals surface area contributed by atoms with E-state index in [9.17, 15) is 4.79 Å². The average molecular weight is 248 g/mol. The van der Waals surface area contributed by atoms with Crippen LogP contribution in [0.15, 0.2) is 18.2 Å². The zero-order valence-electron chi connectivity index (χ0n) is 11.0. The minimum absolute atomic E-state index is 0.0553. The Hall–Kier alpha value is -1.55. The first-order valence-electron chi connectivity index (χ1n) is 6.39. The van der Waals surface area contributed by atoms with Gasteiger partial charge in [-0.3, -0.25) is 4.79 Å². The number of nitrogens with one attached hydrogen (secondary N) is 2. The summed E-state index contributed by atoms with van der Waals surface area (Å²) in [7, 11) is 1.64. The van der Waals surface area contributed by atoms with E-state index in [0.29, 0.717) is 0 Å². The second kappa shape index (κ2) is 5.87. The second-order valence-electron chi connectivity index (χ2n) is 4.67. The van der Waals surface area contributed by atoms with Crippen LogP contribution in [0.2, 0.25) is 0 Å². The minimum Gasteiger partial charge on any atom is -0.497 e. The highest BCUT2D eigenvalue weighted by Gasteiger charge is 2.20. The van der Waals surface area contributed by atoms with Crippen molar-refractivity contribution in [2.45, 2.75) is 32.2 Å². The van der Waals surface area contributed by atoms with Crippen molar-refractivity contribution < 1.29 is 9.53 Å². The summed E-state index contributed by atoms with van der Waals surface area (Å²) in [5.41, 5.74) is 1.87. The number of amides is 1. The predicted molar refractivity (Wildman–Crippen MR) is 72.0 cm³/mol. The van der Waals surface area contributed by atoms with Gasteiger partial charge in [-0.25, -0.2) is 0 Å². The monoisotopic (exact) mass is 248 g/mol. The Labute approximate surface area is 108 Å². The fourth-order valence-electron chi connectivity index (χ4n) is 2.20. The molecule has 1 saturated heterocycles. The first kappa shape index (κ1) is 12.9. The van der Waals surface area contributed by atoms with Gasteiger partial charge in [0.25, 0.3) is 0 Å². The minimum atomic E-state index is -0.0553. The van der Waals surface area contributed by atoms with E-state index in [1.165, 1.54) is 0 Å². The van der Waals surface area contributed by atoms with E-state index in [0.717, 1.165) is 42.8 Å². The fourth-order valence-corrected chi connectivity index (χ4v) is 2.20. The molecule has 1 aliphatic heterocycles. The largest absolute Gasteiger partial charge is 0.497 e. The van der Waals surface area contributed by atoms with Crippen molar-refractivity contribution in [3.8, 4) is 5.75 Å². The van der Waals surface area contributed by atoms with Gasteiger partial charge < -0.3 is 15.4 Å². The molecule has 0 spiro atoms. The summed E-state index contributed by atoms with van der Waals surface area (Å²) < 4.78 is 5.15. The van der Waals surface area contributed by atoms with Gasteiger partial charge in [-0.15, -0.1) is 0 Å². The number of hydrogen-bond acceptors (Lipinski definition) is 3. The van der Waals surface area contributed by atoms with Crippen molar-refractivity contribution in [2.24, 2.45) is 0 Å². The van der Waals surface area contributed by atoms with Gasteiger partial charge in [0.1, 0.15) is 5.75 Å². The van der Waals surface area contributed by atoms with Crippen LogP contribution in [0.1, 0.15) is 24.8 Å². The fraction of sp³-hybridized carbons (Fsp3) is 0.500. The van der Waals surface area contributed by atoms with Gasteiger partial charge in [-0.2, -0.15) is 0 Å². The Morgan fingerprint density at radius 1 is 1.44 bits per heavy atom. The third-order valence-electron chi connectivity index (χ3n) is 3.32. The number of anilines is 1. The quantitative estimate of drug-likeness (QED) is 0.861. The Kier molecular flexibility index (Phi) is 4.20. The number of benzene rings is 1. The highest BCUT2D eigenvalue weighted by atomic mass is 16.5. The van der Waals surface area contributed by atoms with Crippen LogP contribution in [-0.4, -0.2) is 25.6 Å². The molecule has 0 radical (unpaired) electrons. The molecule has 98 valence electrons. The van der Waals surface area contributed by atoms with E-state index < -0.39 is 0 Å². The number of rotatable bonds is 3. The molecular formula is C14H20N2O2. The number of ether oxygens (including phenoxy) is 1. The Morgan fingerprint density at radius 3 is 2.89 bits per heavy atom. The molecule has 2 rings (SSSR count). The van der Waals surface area contributed by atoms with Crippen molar-refractivity contribution >= 4 is 11.6 Å². The molecule has 0 aromatic heterocycles. The molecule has 0 unspecified atom stereocenters. The SMILES string of the molecule is COc1ccc(NC(=O)[C@@H]2CCCCN2)c(C)c1. The van der Waals surface area contributed by atoms with E-state index in [1.807, 2.05) is 25.1 Å². The van der Waals surface area contributed by atoms with Gasteiger partial charge in [0, 0.05) is 5.69 Å². The summed E-state index contributed by atoms with van der Waals surface area (Å²) in [6.45, 7) is 2.89. The summed E-state index contributed by atoms with van der Waals surface area (Å²) in [6, 6.07) is 5.61. The molecule has 2 N–H and O–H groups in total. The standard InChI is InChI=1S/C14H20N2O2/c1-10-9-11(18-2)6-7-12(10)16-14(17)13-5-3-4-8-15-13/h6-7,9,13,15H,3-5,8H2,1-2H3,(H,16,17)/t13-/m0/s1. The van der Waals surface area contributed by atoms with Crippen LogP contribution < -0.4 is 15.4 Å². The van der Waals surface area contributed by atoms with Crippen molar-refractivity contribution in [3.05, 3.63) is 23.8 Å². The van der Waals surface area contributed by atoms with E-state index >= 15 is 0 Å². The van der Waals surface area contributed by atoms with E-state index in [2.05, 4.69) is 10.6 Å². The first-order chi connectivity index (χ1) is 8.70. The highest BCUT2D eigenvalue weighted by Crippen LogP contribution is 2.21. The van der Waals surface area contributed by atoms with Crippen molar-refractivity contribution in [1.82, 2.24) is 5.32 Å². The average Bonchev–Trinajstić information content (AvgIpc) is 2.42. The molecule has 1 aromatic rings. The molecule has 4 nitrogen and oxygen atoms in total. The van der Waals surface area contributed by atoms with Crippen LogP contribution in [0, 0.1) is 6.92 Å². The van der Waals surface area contributed by atoms with Crippen molar-refractivity contribution in [2.75, 3.05) is 19.0 Å².